The van der Waals surface area contributed by atoms with E-state index in [1.165, 1.54) is 0 Å². The summed E-state index contributed by atoms with van der Waals surface area (Å²) in [6.45, 7) is 4.13. The average molecular weight is 218 g/mol. The predicted octanol–water partition coefficient (Wildman–Crippen LogP) is 3.00. The van der Waals surface area contributed by atoms with E-state index in [1.807, 2.05) is 24.3 Å². The van der Waals surface area contributed by atoms with Crippen molar-refractivity contribution in [2.45, 2.75) is 39.2 Å². The second-order valence-electron chi connectivity index (χ2n) is 4.33. The minimum atomic E-state index is -0.248. The van der Waals surface area contributed by atoms with Gasteiger partial charge in [0.25, 0.3) is 0 Å². The highest BCUT2D eigenvalue weighted by molar-refractivity contribution is 5.86. The topological polar surface area (TPSA) is 26.3 Å². The van der Waals surface area contributed by atoms with Crippen LogP contribution in [0, 0.1) is 5.92 Å². The summed E-state index contributed by atoms with van der Waals surface area (Å²) in [5, 5.41) is 0. The Bertz CT molecular complexity index is 355. The molecule has 1 heterocycles. The highest BCUT2D eigenvalue weighted by Gasteiger charge is 2.31. The molecule has 0 saturated carbocycles. The molecule has 0 fully saturated rings. The van der Waals surface area contributed by atoms with Crippen molar-refractivity contribution in [3.63, 3.8) is 0 Å². The SMILES string of the molecule is CCC(CC)C(=O)C1Cc2ccccc2O1. The molecule has 0 bridgehead atoms. The molecule has 0 aliphatic carbocycles. The van der Waals surface area contributed by atoms with Gasteiger partial charge in [0.1, 0.15) is 5.75 Å². The molecule has 1 aliphatic rings. The molecule has 86 valence electrons. The van der Waals surface area contributed by atoms with Crippen LogP contribution in [-0.4, -0.2) is 11.9 Å². The number of ether oxygens (including phenoxy) is 1. The third-order valence-corrected chi connectivity index (χ3v) is 3.35. The van der Waals surface area contributed by atoms with Gasteiger partial charge in [0.05, 0.1) is 0 Å². The van der Waals surface area contributed by atoms with Gasteiger partial charge in [-0.3, -0.25) is 4.79 Å². The number of carbonyl (C=O) groups is 1. The van der Waals surface area contributed by atoms with Gasteiger partial charge < -0.3 is 4.74 Å². The highest BCUT2D eigenvalue weighted by atomic mass is 16.5. The smallest absolute Gasteiger partial charge is 0.176 e. The van der Waals surface area contributed by atoms with E-state index in [0.717, 1.165) is 30.6 Å². The zero-order chi connectivity index (χ0) is 11.5. The van der Waals surface area contributed by atoms with Crippen molar-refractivity contribution in [3.05, 3.63) is 29.8 Å². The highest BCUT2D eigenvalue weighted by Crippen LogP contribution is 2.30. The van der Waals surface area contributed by atoms with E-state index in [9.17, 15) is 4.79 Å². The summed E-state index contributed by atoms with van der Waals surface area (Å²) < 4.78 is 5.70. The van der Waals surface area contributed by atoms with Gasteiger partial charge in [0.15, 0.2) is 11.9 Å². The summed E-state index contributed by atoms with van der Waals surface area (Å²) in [7, 11) is 0. The van der Waals surface area contributed by atoms with Gasteiger partial charge in [-0.25, -0.2) is 0 Å². The minimum absolute atomic E-state index is 0.152. The molecule has 0 spiro atoms. The Hall–Kier alpha value is -1.31. The maximum atomic E-state index is 12.2. The van der Waals surface area contributed by atoms with Gasteiger partial charge in [0.2, 0.25) is 0 Å². The fourth-order valence-corrected chi connectivity index (χ4v) is 2.29. The van der Waals surface area contributed by atoms with Gasteiger partial charge >= 0.3 is 0 Å². The lowest BCUT2D eigenvalue weighted by Crippen LogP contribution is -2.31. The van der Waals surface area contributed by atoms with E-state index in [2.05, 4.69) is 13.8 Å². The van der Waals surface area contributed by atoms with Crippen LogP contribution in [0.3, 0.4) is 0 Å². The maximum absolute atomic E-state index is 12.2. The molecule has 1 atom stereocenters. The first kappa shape index (κ1) is 11.2. The number of Topliss-reactive ketones (excluding diaryl/α,β-unsaturated/α-hetero) is 1. The van der Waals surface area contributed by atoms with Crippen LogP contribution < -0.4 is 4.74 Å². The molecule has 2 nitrogen and oxygen atoms in total. The number of ketones is 1. The lowest BCUT2D eigenvalue weighted by Gasteiger charge is -2.16. The van der Waals surface area contributed by atoms with Gasteiger partial charge in [-0.05, 0) is 24.5 Å². The first-order valence-corrected chi connectivity index (χ1v) is 6.04. The quantitative estimate of drug-likeness (QED) is 0.776. The van der Waals surface area contributed by atoms with Crippen molar-refractivity contribution < 1.29 is 9.53 Å². The molecule has 0 radical (unpaired) electrons. The molecular formula is C14H18O2. The molecule has 1 aliphatic heterocycles. The van der Waals surface area contributed by atoms with Crippen LogP contribution in [0.5, 0.6) is 5.75 Å². The average Bonchev–Trinajstić information content (AvgIpc) is 2.74. The van der Waals surface area contributed by atoms with E-state index < -0.39 is 0 Å². The standard InChI is InChI=1S/C14H18O2/c1-3-10(4-2)14(15)13-9-11-7-5-6-8-12(11)16-13/h5-8,10,13H,3-4,9H2,1-2H3. The summed E-state index contributed by atoms with van der Waals surface area (Å²) >= 11 is 0. The summed E-state index contributed by atoms with van der Waals surface area (Å²) in [6, 6.07) is 7.92. The Morgan fingerprint density at radius 3 is 2.69 bits per heavy atom. The Morgan fingerprint density at radius 1 is 1.38 bits per heavy atom. The second-order valence-corrected chi connectivity index (χ2v) is 4.33. The lowest BCUT2D eigenvalue weighted by molar-refractivity contribution is -0.129. The molecule has 1 aromatic rings. The number of hydrogen-bond donors (Lipinski definition) is 0. The van der Waals surface area contributed by atoms with E-state index in [0.29, 0.717) is 0 Å². The zero-order valence-electron chi connectivity index (χ0n) is 9.90. The molecule has 0 aromatic heterocycles. The Morgan fingerprint density at radius 2 is 2.06 bits per heavy atom. The van der Waals surface area contributed by atoms with Crippen molar-refractivity contribution in [1.82, 2.24) is 0 Å². The second kappa shape index (κ2) is 4.69. The van der Waals surface area contributed by atoms with Gasteiger partial charge in [0, 0.05) is 12.3 Å². The molecule has 0 amide bonds. The van der Waals surface area contributed by atoms with Crippen LogP contribution in [0.25, 0.3) is 0 Å². The van der Waals surface area contributed by atoms with E-state index in [1.54, 1.807) is 0 Å². The number of para-hydroxylation sites is 1. The molecule has 16 heavy (non-hydrogen) atoms. The number of fused-ring (bicyclic) bond motifs is 1. The number of carbonyl (C=O) groups excluding carboxylic acids is 1. The van der Waals surface area contributed by atoms with Crippen LogP contribution in [0.4, 0.5) is 0 Å². The zero-order valence-corrected chi connectivity index (χ0v) is 9.90. The Labute approximate surface area is 96.6 Å². The fourth-order valence-electron chi connectivity index (χ4n) is 2.29. The van der Waals surface area contributed by atoms with Gasteiger partial charge in [-0.15, -0.1) is 0 Å². The minimum Gasteiger partial charge on any atom is -0.482 e. The van der Waals surface area contributed by atoms with Gasteiger partial charge in [-0.2, -0.15) is 0 Å². The monoisotopic (exact) mass is 218 g/mol. The van der Waals surface area contributed by atoms with Crippen molar-refractivity contribution >= 4 is 5.78 Å². The van der Waals surface area contributed by atoms with E-state index in [-0.39, 0.29) is 17.8 Å². The summed E-state index contributed by atoms with van der Waals surface area (Å²) in [5.74, 6) is 1.30. The fraction of sp³-hybridized carbons (Fsp3) is 0.500. The predicted molar refractivity (Wildman–Crippen MR) is 63.6 cm³/mol. The lowest BCUT2D eigenvalue weighted by atomic mass is 9.93. The Kier molecular flexibility index (Phi) is 3.28. The third-order valence-electron chi connectivity index (χ3n) is 3.35. The van der Waals surface area contributed by atoms with Crippen LogP contribution in [0.15, 0.2) is 24.3 Å². The molecule has 2 rings (SSSR count). The molecule has 0 N–H and O–H groups in total. The van der Waals surface area contributed by atoms with Crippen molar-refractivity contribution in [2.75, 3.05) is 0 Å². The van der Waals surface area contributed by atoms with E-state index in [4.69, 9.17) is 4.74 Å². The van der Waals surface area contributed by atoms with Crippen molar-refractivity contribution in [2.24, 2.45) is 5.92 Å². The molecular weight excluding hydrogens is 200 g/mol. The number of benzene rings is 1. The van der Waals surface area contributed by atoms with Crippen molar-refractivity contribution in [1.29, 1.82) is 0 Å². The number of rotatable bonds is 4. The van der Waals surface area contributed by atoms with Crippen LogP contribution in [-0.2, 0) is 11.2 Å². The maximum Gasteiger partial charge on any atom is 0.176 e. The third kappa shape index (κ3) is 1.97. The summed E-state index contributed by atoms with van der Waals surface area (Å²) in [4.78, 5) is 12.2. The summed E-state index contributed by atoms with van der Waals surface area (Å²) in [6.07, 6.45) is 2.31. The van der Waals surface area contributed by atoms with Gasteiger partial charge in [-0.1, -0.05) is 32.0 Å². The number of hydrogen-bond acceptors (Lipinski definition) is 2. The molecule has 1 aromatic carbocycles. The van der Waals surface area contributed by atoms with Crippen LogP contribution in [0.1, 0.15) is 32.3 Å². The largest absolute Gasteiger partial charge is 0.482 e. The van der Waals surface area contributed by atoms with Crippen LogP contribution >= 0.6 is 0 Å². The van der Waals surface area contributed by atoms with Crippen molar-refractivity contribution in [3.8, 4) is 5.75 Å². The first-order valence-electron chi connectivity index (χ1n) is 6.04. The molecule has 1 unspecified atom stereocenters. The van der Waals surface area contributed by atoms with Crippen LogP contribution in [0.2, 0.25) is 0 Å². The molecule has 2 heteroatoms. The Balaban J connectivity index is 2.08. The summed E-state index contributed by atoms with van der Waals surface area (Å²) in [5.41, 5.74) is 1.16. The van der Waals surface area contributed by atoms with E-state index >= 15 is 0 Å². The first-order chi connectivity index (χ1) is 7.76. The molecule has 0 saturated heterocycles. The normalized spacial score (nSPS) is 18.3.